The van der Waals surface area contributed by atoms with E-state index in [9.17, 15) is 9.59 Å². The summed E-state index contributed by atoms with van der Waals surface area (Å²) in [6.45, 7) is 11.1. The molecule has 1 saturated heterocycles. The highest BCUT2D eigenvalue weighted by Gasteiger charge is 2.37. The summed E-state index contributed by atoms with van der Waals surface area (Å²) in [4.78, 5) is 27.2. The smallest absolute Gasteiger partial charge is 0.229 e. The molecule has 0 spiro atoms. The van der Waals surface area contributed by atoms with Crippen molar-refractivity contribution in [3.05, 3.63) is 59.7 Å². The second kappa shape index (κ2) is 7.78. The predicted octanol–water partition coefficient (Wildman–Crippen LogP) is 5.10. The number of nitrogens with one attached hydrogen (secondary N) is 1. The van der Waals surface area contributed by atoms with Crippen LogP contribution in [0.25, 0.3) is 0 Å². The first kappa shape index (κ1) is 20.1. The molecule has 1 aliphatic heterocycles. The van der Waals surface area contributed by atoms with E-state index in [1.54, 1.807) is 4.90 Å². The van der Waals surface area contributed by atoms with E-state index in [2.05, 4.69) is 46.0 Å². The summed E-state index contributed by atoms with van der Waals surface area (Å²) in [5, 5.41) is 2.97. The molecule has 1 heterocycles. The summed E-state index contributed by atoms with van der Waals surface area (Å²) >= 11 is 0. The minimum absolute atomic E-state index is 0.00649. The van der Waals surface area contributed by atoms with Gasteiger partial charge in [0.05, 0.1) is 5.92 Å². The summed E-state index contributed by atoms with van der Waals surface area (Å²) in [5.41, 5.74) is 3.97. The zero-order valence-corrected chi connectivity index (χ0v) is 17.5. The van der Waals surface area contributed by atoms with Gasteiger partial charge in [-0.15, -0.1) is 0 Å². The maximum Gasteiger partial charge on any atom is 0.229 e. The lowest BCUT2D eigenvalue weighted by atomic mass is 9.85. The fourth-order valence-electron chi connectivity index (χ4n) is 3.65. The van der Waals surface area contributed by atoms with Crippen LogP contribution in [0, 0.1) is 5.92 Å². The van der Waals surface area contributed by atoms with Gasteiger partial charge in [0.2, 0.25) is 11.8 Å². The Kier molecular flexibility index (Phi) is 5.59. The fourth-order valence-corrected chi connectivity index (χ4v) is 3.65. The van der Waals surface area contributed by atoms with Crippen LogP contribution >= 0.6 is 0 Å². The van der Waals surface area contributed by atoms with Gasteiger partial charge in [0.1, 0.15) is 0 Å². The maximum atomic E-state index is 12.7. The average Bonchev–Trinajstić information content (AvgIpc) is 3.03. The number of anilines is 2. The van der Waals surface area contributed by atoms with Crippen molar-refractivity contribution in [1.29, 1.82) is 0 Å². The van der Waals surface area contributed by atoms with Gasteiger partial charge in [0.25, 0.3) is 0 Å². The summed E-state index contributed by atoms with van der Waals surface area (Å²) in [6, 6.07) is 15.9. The van der Waals surface area contributed by atoms with Crippen LogP contribution in [0.5, 0.6) is 0 Å². The van der Waals surface area contributed by atoms with Crippen LogP contribution in [0.1, 0.15) is 58.1 Å². The number of rotatable bonds is 4. The van der Waals surface area contributed by atoms with E-state index in [0.717, 1.165) is 16.9 Å². The first-order valence-electron chi connectivity index (χ1n) is 9.97. The van der Waals surface area contributed by atoms with Crippen molar-refractivity contribution in [2.45, 2.75) is 52.4 Å². The Bertz CT molecular complexity index is 863. The fraction of sp³-hybridized carbons (Fsp3) is 0.417. The van der Waals surface area contributed by atoms with Gasteiger partial charge in [0, 0.05) is 24.3 Å². The molecule has 1 N–H and O–H groups in total. The Balaban J connectivity index is 1.73. The molecular formula is C24H30N2O2. The molecule has 0 saturated carbocycles. The molecule has 2 aromatic carbocycles. The molecule has 1 atom stereocenters. The largest absolute Gasteiger partial charge is 0.326 e. The standard InChI is InChI=1S/C24H30N2O2/c1-16(2)17-10-12-19(13-11-17)25-23(28)18-14-22(27)26(15-18)21-9-7-6-8-20(21)24(3,4)5/h6-13,16,18H,14-15H2,1-5H3,(H,25,28). The lowest BCUT2D eigenvalue weighted by molar-refractivity contribution is -0.122. The van der Waals surface area contributed by atoms with E-state index in [0.29, 0.717) is 12.5 Å². The third kappa shape index (κ3) is 4.27. The third-order valence-electron chi connectivity index (χ3n) is 5.34. The van der Waals surface area contributed by atoms with E-state index >= 15 is 0 Å². The van der Waals surface area contributed by atoms with Crippen LogP contribution in [0.3, 0.4) is 0 Å². The molecule has 28 heavy (non-hydrogen) atoms. The van der Waals surface area contributed by atoms with Crippen LogP contribution in [-0.2, 0) is 15.0 Å². The number of carbonyl (C=O) groups excluding carboxylic acids is 2. The van der Waals surface area contributed by atoms with Crippen LogP contribution in [-0.4, -0.2) is 18.4 Å². The normalized spacial score (nSPS) is 17.3. The molecule has 4 nitrogen and oxygen atoms in total. The van der Waals surface area contributed by atoms with Crippen molar-refractivity contribution in [3.8, 4) is 0 Å². The van der Waals surface area contributed by atoms with E-state index in [4.69, 9.17) is 0 Å². The summed E-state index contributed by atoms with van der Waals surface area (Å²) in [6.07, 6.45) is 0.244. The molecule has 2 aromatic rings. The van der Waals surface area contributed by atoms with Gasteiger partial charge >= 0.3 is 0 Å². The minimum atomic E-state index is -0.342. The Morgan fingerprint density at radius 2 is 1.71 bits per heavy atom. The molecule has 2 amide bonds. The third-order valence-corrected chi connectivity index (χ3v) is 5.34. The highest BCUT2D eigenvalue weighted by molar-refractivity contribution is 6.04. The van der Waals surface area contributed by atoms with E-state index in [1.807, 2.05) is 42.5 Å². The number of amides is 2. The molecule has 0 radical (unpaired) electrons. The summed E-state index contributed by atoms with van der Waals surface area (Å²) in [7, 11) is 0. The number of para-hydroxylation sites is 1. The number of benzene rings is 2. The summed E-state index contributed by atoms with van der Waals surface area (Å²) < 4.78 is 0. The second-order valence-corrected chi connectivity index (χ2v) is 8.94. The Morgan fingerprint density at radius 3 is 2.32 bits per heavy atom. The predicted molar refractivity (Wildman–Crippen MR) is 115 cm³/mol. The van der Waals surface area contributed by atoms with Crippen molar-refractivity contribution in [3.63, 3.8) is 0 Å². The highest BCUT2D eigenvalue weighted by atomic mass is 16.2. The first-order chi connectivity index (χ1) is 13.2. The van der Waals surface area contributed by atoms with Gasteiger partial charge in [-0.1, -0.05) is 65.0 Å². The molecule has 0 bridgehead atoms. The second-order valence-electron chi connectivity index (χ2n) is 8.94. The molecular weight excluding hydrogens is 348 g/mol. The van der Waals surface area contributed by atoms with Gasteiger partial charge < -0.3 is 10.2 Å². The number of hydrogen-bond acceptors (Lipinski definition) is 2. The van der Waals surface area contributed by atoms with Crippen LogP contribution < -0.4 is 10.2 Å². The van der Waals surface area contributed by atoms with Gasteiger partial charge in [-0.25, -0.2) is 0 Å². The number of nitrogens with zero attached hydrogens (tertiary/aromatic N) is 1. The maximum absolute atomic E-state index is 12.7. The quantitative estimate of drug-likeness (QED) is 0.805. The highest BCUT2D eigenvalue weighted by Crippen LogP contribution is 2.35. The van der Waals surface area contributed by atoms with Gasteiger partial charge in [0.15, 0.2) is 0 Å². The summed E-state index contributed by atoms with van der Waals surface area (Å²) in [5.74, 6) is 0.0207. The molecule has 1 unspecified atom stereocenters. The molecule has 0 aliphatic carbocycles. The lowest BCUT2D eigenvalue weighted by Crippen LogP contribution is -2.30. The van der Waals surface area contributed by atoms with Crippen molar-refractivity contribution in [2.24, 2.45) is 5.92 Å². The number of carbonyl (C=O) groups is 2. The van der Waals surface area contributed by atoms with E-state index in [1.165, 1.54) is 5.56 Å². The molecule has 0 aromatic heterocycles. The Morgan fingerprint density at radius 1 is 1.07 bits per heavy atom. The number of hydrogen-bond donors (Lipinski definition) is 1. The zero-order chi connectivity index (χ0) is 20.5. The molecule has 148 valence electrons. The molecule has 4 heteroatoms. The minimum Gasteiger partial charge on any atom is -0.326 e. The zero-order valence-electron chi connectivity index (χ0n) is 17.5. The van der Waals surface area contributed by atoms with E-state index in [-0.39, 0.29) is 29.6 Å². The molecule has 3 rings (SSSR count). The van der Waals surface area contributed by atoms with Crippen molar-refractivity contribution in [2.75, 3.05) is 16.8 Å². The Labute approximate surface area is 167 Å². The van der Waals surface area contributed by atoms with Gasteiger partial charge in [-0.3, -0.25) is 9.59 Å². The van der Waals surface area contributed by atoms with Crippen molar-refractivity contribution < 1.29 is 9.59 Å². The SMILES string of the molecule is CC(C)c1ccc(NC(=O)C2CC(=O)N(c3ccccc3C(C)(C)C)C2)cc1. The lowest BCUT2D eigenvalue weighted by Gasteiger charge is -2.27. The average molecular weight is 379 g/mol. The Hall–Kier alpha value is -2.62. The molecule has 1 fully saturated rings. The molecule has 1 aliphatic rings. The van der Waals surface area contributed by atoms with E-state index < -0.39 is 0 Å². The van der Waals surface area contributed by atoms with Gasteiger partial charge in [-0.2, -0.15) is 0 Å². The monoisotopic (exact) mass is 378 g/mol. The van der Waals surface area contributed by atoms with Crippen molar-refractivity contribution in [1.82, 2.24) is 0 Å². The van der Waals surface area contributed by atoms with Gasteiger partial charge in [-0.05, 0) is 40.7 Å². The van der Waals surface area contributed by atoms with Crippen LogP contribution in [0.2, 0.25) is 0 Å². The van der Waals surface area contributed by atoms with Crippen LogP contribution in [0.4, 0.5) is 11.4 Å². The van der Waals surface area contributed by atoms with Crippen molar-refractivity contribution >= 4 is 23.2 Å². The topological polar surface area (TPSA) is 49.4 Å². The first-order valence-corrected chi connectivity index (χ1v) is 9.97. The van der Waals surface area contributed by atoms with Crippen LogP contribution in [0.15, 0.2) is 48.5 Å².